The second-order valence-electron chi connectivity index (χ2n) is 4.28. The zero-order chi connectivity index (χ0) is 12.4. The van der Waals surface area contributed by atoms with Gasteiger partial charge in [0.1, 0.15) is 5.69 Å². The topological polar surface area (TPSA) is 89.2 Å². The van der Waals surface area contributed by atoms with Gasteiger partial charge in [-0.3, -0.25) is 19.7 Å². The molecule has 2 amide bonds. The lowest BCUT2D eigenvalue weighted by Gasteiger charge is -2.12. The highest BCUT2D eigenvalue weighted by Gasteiger charge is 2.25. The number of nitrogens with zero attached hydrogens (tertiary/aromatic N) is 1. The van der Waals surface area contributed by atoms with Crippen LogP contribution >= 0.6 is 0 Å². The highest BCUT2D eigenvalue weighted by Crippen LogP contribution is 2.19. The van der Waals surface area contributed by atoms with Gasteiger partial charge in [0.2, 0.25) is 0 Å². The Morgan fingerprint density at radius 2 is 2.24 bits per heavy atom. The van der Waals surface area contributed by atoms with Crippen molar-refractivity contribution in [1.29, 1.82) is 0 Å². The molecular weight excluding hydrogens is 220 g/mol. The normalized spacial score (nSPS) is 16.4. The Balaban J connectivity index is 2.04. The van der Waals surface area contributed by atoms with E-state index in [1.807, 2.05) is 0 Å². The van der Waals surface area contributed by atoms with Gasteiger partial charge >= 0.3 is 0 Å². The first kappa shape index (κ1) is 11.7. The van der Waals surface area contributed by atoms with E-state index in [4.69, 9.17) is 5.73 Å². The maximum absolute atomic E-state index is 11.8. The summed E-state index contributed by atoms with van der Waals surface area (Å²) < 4.78 is 1.39. The number of nitrogens with one attached hydrogen (secondary N) is 2. The molecule has 0 aromatic carbocycles. The molecule has 0 saturated heterocycles. The number of carbonyl (C=O) groups excluding carboxylic acids is 2. The SMILES string of the molecule is C[C@H](N)C(=O)Nn1cccc1C(=O)NC1CC1. The molecule has 0 unspecified atom stereocenters. The summed E-state index contributed by atoms with van der Waals surface area (Å²) in [5.74, 6) is -0.510. The molecule has 0 radical (unpaired) electrons. The van der Waals surface area contributed by atoms with Crippen LogP contribution in [0.3, 0.4) is 0 Å². The van der Waals surface area contributed by atoms with E-state index in [2.05, 4.69) is 10.7 Å². The summed E-state index contributed by atoms with van der Waals surface area (Å²) in [5.41, 5.74) is 8.41. The highest BCUT2D eigenvalue weighted by molar-refractivity contribution is 5.95. The average molecular weight is 236 g/mol. The molecule has 0 spiro atoms. The van der Waals surface area contributed by atoms with Crippen molar-refractivity contribution in [3.8, 4) is 0 Å². The van der Waals surface area contributed by atoms with Crippen LogP contribution in [0.1, 0.15) is 30.3 Å². The van der Waals surface area contributed by atoms with Gasteiger partial charge in [0.25, 0.3) is 11.8 Å². The van der Waals surface area contributed by atoms with E-state index in [1.54, 1.807) is 25.3 Å². The largest absolute Gasteiger partial charge is 0.348 e. The number of rotatable bonds is 4. The van der Waals surface area contributed by atoms with Crippen molar-refractivity contribution in [1.82, 2.24) is 9.99 Å². The summed E-state index contributed by atoms with van der Waals surface area (Å²) in [4.78, 5) is 23.2. The van der Waals surface area contributed by atoms with Crippen molar-refractivity contribution in [2.45, 2.75) is 31.8 Å². The Morgan fingerprint density at radius 3 is 2.82 bits per heavy atom. The van der Waals surface area contributed by atoms with Crippen LogP contribution < -0.4 is 16.5 Å². The number of aromatic nitrogens is 1. The Hall–Kier alpha value is -1.82. The van der Waals surface area contributed by atoms with Crippen molar-refractivity contribution in [2.75, 3.05) is 5.43 Å². The molecule has 2 rings (SSSR count). The fraction of sp³-hybridized carbons (Fsp3) is 0.455. The van der Waals surface area contributed by atoms with Crippen molar-refractivity contribution >= 4 is 11.8 Å². The summed E-state index contributed by atoms with van der Waals surface area (Å²) in [5, 5.41) is 2.86. The molecule has 17 heavy (non-hydrogen) atoms. The van der Waals surface area contributed by atoms with E-state index < -0.39 is 6.04 Å². The van der Waals surface area contributed by atoms with Crippen molar-refractivity contribution in [3.05, 3.63) is 24.0 Å². The van der Waals surface area contributed by atoms with Crippen LogP contribution in [-0.2, 0) is 4.79 Å². The summed E-state index contributed by atoms with van der Waals surface area (Å²) in [6.45, 7) is 1.59. The van der Waals surface area contributed by atoms with E-state index in [0.717, 1.165) is 12.8 Å². The first-order valence-electron chi connectivity index (χ1n) is 5.62. The molecule has 0 bridgehead atoms. The van der Waals surface area contributed by atoms with E-state index in [-0.39, 0.29) is 17.9 Å². The Kier molecular flexibility index (Phi) is 3.14. The number of hydrogen-bond acceptors (Lipinski definition) is 3. The molecular formula is C11H16N4O2. The quantitative estimate of drug-likeness (QED) is 0.676. The molecule has 1 atom stereocenters. The van der Waals surface area contributed by atoms with Gasteiger partial charge in [-0.15, -0.1) is 0 Å². The second kappa shape index (κ2) is 4.58. The molecule has 1 fully saturated rings. The molecule has 1 heterocycles. The summed E-state index contributed by atoms with van der Waals surface area (Å²) >= 11 is 0. The lowest BCUT2D eigenvalue weighted by molar-refractivity contribution is -0.117. The standard InChI is InChI=1S/C11H16N4O2/c1-7(12)10(16)14-15-6-2-3-9(15)11(17)13-8-4-5-8/h2-3,6-8H,4-5,12H2,1H3,(H,13,17)(H,14,16)/t7-/m0/s1. The predicted octanol–water partition coefficient (Wildman–Crippen LogP) is -0.202. The lowest BCUT2D eigenvalue weighted by atomic mass is 10.3. The highest BCUT2D eigenvalue weighted by atomic mass is 16.2. The Labute approximate surface area is 99.1 Å². The third kappa shape index (κ3) is 2.85. The van der Waals surface area contributed by atoms with Gasteiger partial charge in [0.05, 0.1) is 6.04 Å². The van der Waals surface area contributed by atoms with Crippen LogP contribution in [0.15, 0.2) is 18.3 Å². The Bertz CT molecular complexity index is 434. The van der Waals surface area contributed by atoms with Crippen LogP contribution in [0.4, 0.5) is 0 Å². The van der Waals surface area contributed by atoms with Gasteiger partial charge in [0, 0.05) is 12.2 Å². The summed E-state index contributed by atoms with van der Waals surface area (Å²) in [7, 11) is 0. The zero-order valence-corrected chi connectivity index (χ0v) is 9.64. The first-order chi connectivity index (χ1) is 8.08. The van der Waals surface area contributed by atoms with Gasteiger partial charge in [0.15, 0.2) is 0 Å². The maximum Gasteiger partial charge on any atom is 0.270 e. The molecule has 92 valence electrons. The van der Waals surface area contributed by atoms with Gasteiger partial charge < -0.3 is 11.1 Å². The van der Waals surface area contributed by atoms with Crippen molar-refractivity contribution < 1.29 is 9.59 Å². The fourth-order valence-corrected chi connectivity index (χ4v) is 1.37. The smallest absolute Gasteiger partial charge is 0.270 e. The van der Waals surface area contributed by atoms with E-state index in [0.29, 0.717) is 5.69 Å². The molecule has 6 nitrogen and oxygen atoms in total. The first-order valence-corrected chi connectivity index (χ1v) is 5.62. The lowest BCUT2D eigenvalue weighted by Crippen LogP contribution is -2.39. The van der Waals surface area contributed by atoms with E-state index >= 15 is 0 Å². The van der Waals surface area contributed by atoms with Crippen LogP contribution in [0.2, 0.25) is 0 Å². The fourth-order valence-electron chi connectivity index (χ4n) is 1.37. The minimum Gasteiger partial charge on any atom is -0.348 e. The summed E-state index contributed by atoms with van der Waals surface area (Å²) in [6, 6.07) is 3.02. The number of amides is 2. The van der Waals surface area contributed by atoms with Gasteiger partial charge in [-0.2, -0.15) is 0 Å². The maximum atomic E-state index is 11.8. The Morgan fingerprint density at radius 1 is 1.53 bits per heavy atom. The molecule has 1 aromatic heterocycles. The number of hydrogen-bond donors (Lipinski definition) is 3. The molecule has 6 heteroatoms. The van der Waals surface area contributed by atoms with Crippen LogP contribution in [0.25, 0.3) is 0 Å². The van der Waals surface area contributed by atoms with Crippen LogP contribution in [0, 0.1) is 0 Å². The van der Waals surface area contributed by atoms with Crippen LogP contribution in [-0.4, -0.2) is 28.6 Å². The van der Waals surface area contributed by atoms with Gasteiger partial charge in [-0.1, -0.05) is 0 Å². The van der Waals surface area contributed by atoms with Gasteiger partial charge in [-0.25, -0.2) is 0 Å². The molecule has 1 aliphatic carbocycles. The summed E-state index contributed by atoms with van der Waals surface area (Å²) in [6.07, 6.45) is 3.67. The third-order valence-electron chi connectivity index (χ3n) is 2.54. The molecule has 1 aromatic rings. The van der Waals surface area contributed by atoms with E-state index in [9.17, 15) is 9.59 Å². The average Bonchev–Trinajstić information content (AvgIpc) is 2.95. The zero-order valence-electron chi connectivity index (χ0n) is 9.64. The van der Waals surface area contributed by atoms with Crippen LogP contribution in [0.5, 0.6) is 0 Å². The minimum atomic E-state index is -0.614. The number of carbonyl (C=O) groups is 2. The van der Waals surface area contributed by atoms with E-state index in [1.165, 1.54) is 4.68 Å². The monoisotopic (exact) mass is 236 g/mol. The third-order valence-corrected chi connectivity index (χ3v) is 2.54. The molecule has 1 aliphatic rings. The molecule has 1 saturated carbocycles. The van der Waals surface area contributed by atoms with Crippen molar-refractivity contribution in [2.24, 2.45) is 5.73 Å². The van der Waals surface area contributed by atoms with Gasteiger partial charge in [-0.05, 0) is 31.9 Å². The molecule has 0 aliphatic heterocycles. The second-order valence-corrected chi connectivity index (χ2v) is 4.28. The van der Waals surface area contributed by atoms with Crippen molar-refractivity contribution in [3.63, 3.8) is 0 Å². The molecule has 4 N–H and O–H groups in total. The predicted molar refractivity (Wildman–Crippen MR) is 62.9 cm³/mol. The number of nitrogens with two attached hydrogens (primary N) is 1. The minimum absolute atomic E-state index is 0.178.